The zero-order valence-corrected chi connectivity index (χ0v) is 18.0. The molecule has 30 heavy (non-hydrogen) atoms. The predicted octanol–water partition coefficient (Wildman–Crippen LogP) is -1.19. The van der Waals surface area contributed by atoms with E-state index in [9.17, 15) is 19.2 Å². The van der Waals surface area contributed by atoms with E-state index in [0.717, 1.165) is 12.8 Å². The number of amides is 4. The summed E-state index contributed by atoms with van der Waals surface area (Å²) in [5.74, 6) is -2.33. The average molecular weight is 426 g/mol. The molecule has 1 fully saturated rings. The fraction of sp³-hybridized carbons (Fsp3) is 0.737. The molecule has 9 N–H and O–H groups in total. The van der Waals surface area contributed by atoms with Crippen molar-refractivity contribution in [3.63, 3.8) is 0 Å². The Labute approximate surface area is 177 Å². The Balaban J connectivity index is 2.94. The van der Waals surface area contributed by atoms with E-state index in [1.165, 1.54) is 6.92 Å². The molecular formula is C19H35N7O4. The van der Waals surface area contributed by atoms with Crippen molar-refractivity contribution in [2.75, 3.05) is 6.54 Å². The molecule has 4 amide bonds. The summed E-state index contributed by atoms with van der Waals surface area (Å²) >= 11 is 0. The highest BCUT2D eigenvalue weighted by atomic mass is 16.2. The van der Waals surface area contributed by atoms with Crippen LogP contribution in [0.1, 0.15) is 59.3 Å². The number of hydrogen-bond acceptors (Lipinski definition) is 5. The second kappa shape index (κ2) is 11.4. The van der Waals surface area contributed by atoms with Crippen molar-refractivity contribution in [3.8, 4) is 0 Å². The molecule has 0 unspecified atom stereocenters. The molecule has 0 saturated heterocycles. The maximum atomic E-state index is 13.0. The van der Waals surface area contributed by atoms with Crippen molar-refractivity contribution in [3.05, 3.63) is 0 Å². The van der Waals surface area contributed by atoms with Gasteiger partial charge < -0.3 is 32.7 Å². The first kappa shape index (κ1) is 25.2. The Morgan fingerprint density at radius 1 is 1.07 bits per heavy atom. The van der Waals surface area contributed by atoms with Crippen LogP contribution in [0.4, 0.5) is 0 Å². The fourth-order valence-electron chi connectivity index (χ4n) is 3.64. The zero-order valence-electron chi connectivity index (χ0n) is 18.0. The molecule has 11 nitrogen and oxygen atoms in total. The minimum Gasteiger partial charge on any atom is -0.370 e. The molecule has 1 rings (SSSR count). The topological polar surface area (TPSA) is 192 Å². The van der Waals surface area contributed by atoms with Crippen LogP contribution in [0.25, 0.3) is 0 Å². The summed E-state index contributed by atoms with van der Waals surface area (Å²) in [5, 5.41) is 17.9. The van der Waals surface area contributed by atoms with Gasteiger partial charge in [-0.1, -0.05) is 26.7 Å². The van der Waals surface area contributed by atoms with Gasteiger partial charge in [0.15, 0.2) is 5.96 Å². The number of nitrogens with one attached hydrogen (secondary N) is 5. The summed E-state index contributed by atoms with van der Waals surface area (Å²) in [7, 11) is 0. The van der Waals surface area contributed by atoms with Crippen LogP contribution in [0, 0.1) is 11.3 Å². The van der Waals surface area contributed by atoms with Gasteiger partial charge in [0.2, 0.25) is 23.6 Å². The lowest BCUT2D eigenvalue weighted by Crippen LogP contribution is -2.61. The Hall–Kier alpha value is -2.85. The van der Waals surface area contributed by atoms with Crippen LogP contribution in [0.2, 0.25) is 0 Å². The van der Waals surface area contributed by atoms with Crippen LogP contribution in [0.5, 0.6) is 0 Å². The molecule has 0 aromatic carbocycles. The summed E-state index contributed by atoms with van der Waals surface area (Å²) in [4.78, 5) is 49.2. The summed E-state index contributed by atoms with van der Waals surface area (Å²) in [6, 6.07) is -1.80. The third-order valence-electron chi connectivity index (χ3n) is 5.18. The van der Waals surface area contributed by atoms with Gasteiger partial charge in [0, 0.05) is 13.5 Å². The van der Waals surface area contributed by atoms with Crippen LogP contribution >= 0.6 is 0 Å². The second-order valence-electron chi connectivity index (χ2n) is 8.11. The van der Waals surface area contributed by atoms with E-state index in [1.54, 1.807) is 13.8 Å². The average Bonchev–Trinajstić information content (AvgIpc) is 3.10. The van der Waals surface area contributed by atoms with Gasteiger partial charge in [-0.25, -0.2) is 0 Å². The van der Waals surface area contributed by atoms with Crippen molar-refractivity contribution in [2.24, 2.45) is 17.4 Å². The first-order chi connectivity index (χ1) is 14.0. The van der Waals surface area contributed by atoms with Gasteiger partial charge in [0.05, 0.1) is 0 Å². The third kappa shape index (κ3) is 7.53. The molecule has 1 aliphatic rings. The van der Waals surface area contributed by atoms with E-state index < -0.39 is 35.3 Å². The van der Waals surface area contributed by atoms with Gasteiger partial charge >= 0.3 is 0 Å². The predicted molar refractivity (Wildman–Crippen MR) is 112 cm³/mol. The number of nitrogens with two attached hydrogens (primary N) is 2. The lowest BCUT2D eigenvalue weighted by molar-refractivity contribution is -0.136. The zero-order chi connectivity index (χ0) is 22.9. The van der Waals surface area contributed by atoms with E-state index in [4.69, 9.17) is 16.9 Å². The first-order valence-corrected chi connectivity index (χ1v) is 10.3. The Morgan fingerprint density at radius 3 is 2.13 bits per heavy atom. The Kier molecular flexibility index (Phi) is 9.54. The highest BCUT2D eigenvalue weighted by molar-refractivity contribution is 5.96. The molecule has 170 valence electrons. The molecule has 0 heterocycles. The maximum Gasteiger partial charge on any atom is 0.246 e. The highest BCUT2D eigenvalue weighted by Gasteiger charge is 2.43. The number of carbonyl (C=O) groups excluding carboxylic acids is 4. The second-order valence-corrected chi connectivity index (χ2v) is 8.11. The standard InChI is InChI=1S/C19H35N7O4/c1-11(2)14(15(20)28)25-16(29)13(7-6-10-23-18(21)22)24-17(30)19(26-12(3)27)8-4-5-9-19/h11,13-14H,4-10H2,1-3H3,(H2,20,28)(H,24,30)(H,25,29)(H,26,27)(H4,21,22,23)/t13-,14-/m0/s1. The SMILES string of the molecule is CC(=O)NC1(C(=O)N[C@@H](CCCNC(=N)N)C(=O)N[C@H](C(N)=O)C(C)C)CCCC1. The lowest BCUT2D eigenvalue weighted by atomic mass is 9.95. The number of carbonyl (C=O) groups is 4. The molecule has 11 heteroatoms. The van der Waals surface area contributed by atoms with Gasteiger partial charge in [-0.05, 0) is 31.6 Å². The molecule has 0 radical (unpaired) electrons. The molecular weight excluding hydrogens is 390 g/mol. The molecule has 0 bridgehead atoms. The van der Waals surface area contributed by atoms with Gasteiger partial charge in [0.1, 0.15) is 17.6 Å². The summed E-state index contributed by atoms with van der Waals surface area (Å²) < 4.78 is 0. The first-order valence-electron chi connectivity index (χ1n) is 10.3. The van der Waals surface area contributed by atoms with E-state index >= 15 is 0 Å². The molecule has 0 aliphatic heterocycles. The van der Waals surface area contributed by atoms with E-state index in [2.05, 4.69) is 21.3 Å². The number of guanidine groups is 1. The van der Waals surface area contributed by atoms with Gasteiger partial charge in [0.25, 0.3) is 0 Å². The smallest absolute Gasteiger partial charge is 0.246 e. The molecule has 1 saturated carbocycles. The van der Waals surface area contributed by atoms with Crippen LogP contribution in [0.3, 0.4) is 0 Å². The summed E-state index contributed by atoms with van der Waals surface area (Å²) in [6.07, 6.45) is 3.27. The minimum absolute atomic E-state index is 0.191. The van der Waals surface area contributed by atoms with E-state index in [0.29, 0.717) is 25.8 Å². The monoisotopic (exact) mass is 425 g/mol. The van der Waals surface area contributed by atoms with Crippen molar-refractivity contribution < 1.29 is 19.2 Å². The van der Waals surface area contributed by atoms with Crippen LogP contribution < -0.4 is 32.7 Å². The number of rotatable bonds is 11. The molecule has 0 aromatic heterocycles. The van der Waals surface area contributed by atoms with Crippen molar-refractivity contribution in [1.29, 1.82) is 5.41 Å². The number of primary amides is 1. The Morgan fingerprint density at radius 2 is 1.67 bits per heavy atom. The van der Waals surface area contributed by atoms with E-state index in [1.807, 2.05) is 0 Å². The molecule has 1 aliphatic carbocycles. The third-order valence-corrected chi connectivity index (χ3v) is 5.18. The lowest BCUT2D eigenvalue weighted by Gasteiger charge is -2.31. The van der Waals surface area contributed by atoms with Crippen molar-refractivity contribution in [1.82, 2.24) is 21.3 Å². The highest BCUT2D eigenvalue weighted by Crippen LogP contribution is 2.30. The molecule has 2 atom stereocenters. The molecule has 0 aromatic rings. The summed E-state index contributed by atoms with van der Waals surface area (Å²) in [6.45, 7) is 5.20. The van der Waals surface area contributed by atoms with E-state index in [-0.39, 0.29) is 24.2 Å². The van der Waals surface area contributed by atoms with Crippen molar-refractivity contribution in [2.45, 2.75) is 76.9 Å². The van der Waals surface area contributed by atoms with Crippen molar-refractivity contribution >= 4 is 29.6 Å². The maximum absolute atomic E-state index is 13.0. The van der Waals surface area contributed by atoms with Gasteiger partial charge in [-0.3, -0.25) is 24.6 Å². The number of hydrogen-bond donors (Lipinski definition) is 7. The van der Waals surface area contributed by atoms with Gasteiger partial charge in [-0.2, -0.15) is 0 Å². The quantitative estimate of drug-likeness (QED) is 0.124. The summed E-state index contributed by atoms with van der Waals surface area (Å²) in [5.41, 5.74) is 9.60. The van der Waals surface area contributed by atoms with Crippen LogP contribution in [-0.2, 0) is 19.2 Å². The van der Waals surface area contributed by atoms with Gasteiger partial charge in [-0.15, -0.1) is 0 Å². The van der Waals surface area contributed by atoms with Crippen LogP contribution in [-0.4, -0.2) is 53.8 Å². The molecule has 0 spiro atoms. The minimum atomic E-state index is -1.04. The largest absolute Gasteiger partial charge is 0.370 e. The normalized spacial score (nSPS) is 16.9. The Bertz CT molecular complexity index is 659. The van der Waals surface area contributed by atoms with Crippen LogP contribution in [0.15, 0.2) is 0 Å². The fourth-order valence-corrected chi connectivity index (χ4v) is 3.64.